The van der Waals surface area contributed by atoms with E-state index in [9.17, 15) is 13.6 Å². The van der Waals surface area contributed by atoms with E-state index in [0.29, 0.717) is 25.2 Å². The molecule has 27 heavy (non-hydrogen) atoms. The molecule has 0 spiro atoms. The van der Waals surface area contributed by atoms with E-state index in [0.717, 1.165) is 42.5 Å². The Morgan fingerprint density at radius 3 is 2.56 bits per heavy atom. The first kappa shape index (κ1) is 17.7. The van der Waals surface area contributed by atoms with Gasteiger partial charge in [0.1, 0.15) is 17.3 Å². The molecule has 3 heterocycles. The van der Waals surface area contributed by atoms with Crippen molar-refractivity contribution in [3.63, 3.8) is 0 Å². The zero-order valence-corrected chi connectivity index (χ0v) is 15.2. The fourth-order valence-corrected chi connectivity index (χ4v) is 3.65. The lowest BCUT2D eigenvalue weighted by atomic mass is 10.2. The SMILES string of the molecule is CCc1cn2cc(CN3CCN(c4ccc(F)cc4F)CC3)cc2[nH]c1=O. The molecule has 2 aromatic heterocycles. The molecular weight excluding hydrogens is 350 g/mol. The number of aryl methyl sites for hydroxylation is 1. The van der Waals surface area contributed by atoms with E-state index in [4.69, 9.17) is 0 Å². The summed E-state index contributed by atoms with van der Waals surface area (Å²) in [6.45, 7) is 5.69. The lowest BCUT2D eigenvalue weighted by Gasteiger charge is -2.36. The minimum Gasteiger partial charge on any atom is -0.367 e. The maximum absolute atomic E-state index is 14.0. The summed E-state index contributed by atoms with van der Waals surface area (Å²) in [5.74, 6) is -1.07. The van der Waals surface area contributed by atoms with E-state index in [2.05, 4.69) is 9.88 Å². The second kappa shape index (κ2) is 7.15. The van der Waals surface area contributed by atoms with Crippen LogP contribution >= 0.6 is 0 Å². The minimum absolute atomic E-state index is 0.0374. The summed E-state index contributed by atoms with van der Waals surface area (Å²) in [7, 11) is 0. The molecule has 5 nitrogen and oxygen atoms in total. The van der Waals surface area contributed by atoms with E-state index in [1.165, 1.54) is 12.1 Å². The molecule has 7 heteroatoms. The predicted molar refractivity (Wildman–Crippen MR) is 101 cm³/mol. The number of H-pyrrole nitrogens is 1. The Morgan fingerprint density at radius 2 is 1.85 bits per heavy atom. The van der Waals surface area contributed by atoms with E-state index >= 15 is 0 Å². The number of aromatic amines is 1. The highest BCUT2D eigenvalue weighted by atomic mass is 19.1. The van der Waals surface area contributed by atoms with E-state index in [-0.39, 0.29) is 5.56 Å². The third-order valence-corrected chi connectivity index (χ3v) is 5.14. The smallest absolute Gasteiger partial charge is 0.254 e. The summed E-state index contributed by atoms with van der Waals surface area (Å²) in [6.07, 6.45) is 4.62. The van der Waals surface area contributed by atoms with Gasteiger partial charge in [0.25, 0.3) is 5.56 Å². The van der Waals surface area contributed by atoms with Gasteiger partial charge < -0.3 is 14.3 Å². The molecule has 0 aliphatic carbocycles. The van der Waals surface area contributed by atoms with Crippen LogP contribution in [0.25, 0.3) is 5.65 Å². The first-order valence-corrected chi connectivity index (χ1v) is 9.18. The lowest BCUT2D eigenvalue weighted by Crippen LogP contribution is -2.46. The van der Waals surface area contributed by atoms with Crippen molar-refractivity contribution in [2.75, 3.05) is 31.1 Å². The van der Waals surface area contributed by atoms with Gasteiger partial charge in [-0.1, -0.05) is 6.92 Å². The lowest BCUT2D eigenvalue weighted by molar-refractivity contribution is 0.249. The Morgan fingerprint density at radius 1 is 1.07 bits per heavy atom. The first-order valence-electron chi connectivity index (χ1n) is 9.18. The van der Waals surface area contributed by atoms with Crippen LogP contribution in [0, 0.1) is 11.6 Å². The van der Waals surface area contributed by atoms with Crippen molar-refractivity contribution in [2.45, 2.75) is 19.9 Å². The van der Waals surface area contributed by atoms with Gasteiger partial charge in [-0.2, -0.15) is 0 Å². The number of fused-ring (bicyclic) bond motifs is 1. The van der Waals surface area contributed by atoms with Crippen molar-refractivity contribution in [2.24, 2.45) is 0 Å². The molecule has 0 bridgehead atoms. The van der Waals surface area contributed by atoms with Crippen LogP contribution in [-0.4, -0.2) is 40.5 Å². The van der Waals surface area contributed by atoms with Gasteiger partial charge in [-0.25, -0.2) is 8.78 Å². The summed E-state index contributed by atoms with van der Waals surface area (Å²) >= 11 is 0. The molecule has 1 N–H and O–H groups in total. The van der Waals surface area contributed by atoms with Gasteiger partial charge in [0, 0.05) is 56.7 Å². The van der Waals surface area contributed by atoms with Crippen LogP contribution in [0.5, 0.6) is 0 Å². The van der Waals surface area contributed by atoms with Gasteiger partial charge in [0.15, 0.2) is 0 Å². The number of nitrogens with one attached hydrogen (secondary N) is 1. The van der Waals surface area contributed by atoms with Crippen LogP contribution in [0.15, 0.2) is 41.5 Å². The Kier molecular flexibility index (Phi) is 4.70. The average molecular weight is 372 g/mol. The van der Waals surface area contributed by atoms with Crippen molar-refractivity contribution in [1.29, 1.82) is 0 Å². The topological polar surface area (TPSA) is 43.8 Å². The molecule has 1 aliphatic heterocycles. The third-order valence-electron chi connectivity index (χ3n) is 5.14. The maximum Gasteiger partial charge on any atom is 0.254 e. The Bertz CT molecular complexity index is 1020. The molecule has 0 amide bonds. The molecular formula is C20H22F2N4O. The maximum atomic E-state index is 14.0. The molecule has 1 fully saturated rings. The Hall–Kier alpha value is -2.67. The number of hydrogen-bond acceptors (Lipinski definition) is 3. The highest BCUT2D eigenvalue weighted by Gasteiger charge is 2.20. The van der Waals surface area contributed by atoms with E-state index in [1.807, 2.05) is 34.7 Å². The molecule has 0 atom stereocenters. The van der Waals surface area contributed by atoms with Crippen LogP contribution in [0.4, 0.5) is 14.5 Å². The quantitative estimate of drug-likeness (QED) is 0.766. The minimum atomic E-state index is -0.556. The molecule has 142 valence electrons. The Balaban J connectivity index is 1.43. The van der Waals surface area contributed by atoms with Gasteiger partial charge in [-0.15, -0.1) is 0 Å². The monoisotopic (exact) mass is 372 g/mol. The molecule has 4 rings (SSSR count). The largest absolute Gasteiger partial charge is 0.367 e. The van der Waals surface area contributed by atoms with Crippen LogP contribution in [0.2, 0.25) is 0 Å². The zero-order valence-electron chi connectivity index (χ0n) is 15.2. The average Bonchev–Trinajstić information content (AvgIpc) is 3.03. The highest BCUT2D eigenvalue weighted by molar-refractivity contribution is 5.48. The van der Waals surface area contributed by atoms with E-state index in [1.54, 1.807) is 0 Å². The van der Waals surface area contributed by atoms with Crippen LogP contribution < -0.4 is 10.5 Å². The molecule has 1 aromatic carbocycles. The second-order valence-corrected chi connectivity index (χ2v) is 6.96. The normalized spacial score (nSPS) is 15.6. The molecule has 0 radical (unpaired) electrons. The van der Waals surface area contributed by atoms with E-state index < -0.39 is 11.6 Å². The van der Waals surface area contributed by atoms with Crippen LogP contribution in [-0.2, 0) is 13.0 Å². The third kappa shape index (κ3) is 3.60. The number of aromatic nitrogens is 2. The van der Waals surface area contributed by atoms with Gasteiger partial charge in [0.2, 0.25) is 0 Å². The second-order valence-electron chi connectivity index (χ2n) is 6.96. The molecule has 3 aromatic rings. The fourth-order valence-electron chi connectivity index (χ4n) is 3.65. The fraction of sp³-hybridized carbons (Fsp3) is 0.350. The van der Waals surface area contributed by atoms with Crippen molar-refractivity contribution in [3.05, 3.63) is 69.8 Å². The number of nitrogens with zero attached hydrogens (tertiary/aromatic N) is 3. The summed E-state index contributed by atoms with van der Waals surface area (Å²) < 4.78 is 29.0. The number of hydrogen-bond donors (Lipinski definition) is 1. The number of benzene rings is 1. The van der Waals surface area contributed by atoms with Crippen molar-refractivity contribution < 1.29 is 8.78 Å². The Labute approximate surface area is 155 Å². The zero-order chi connectivity index (χ0) is 19.0. The van der Waals surface area contributed by atoms with Gasteiger partial charge >= 0.3 is 0 Å². The molecule has 1 aliphatic rings. The predicted octanol–water partition coefficient (Wildman–Crippen LogP) is 2.79. The molecule has 0 unspecified atom stereocenters. The first-order chi connectivity index (χ1) is 13.0. The molecule has 1 saturated heterocycles. The van der Waals surface area contributed by atoms with Crippen molar-refractivity contribution >= 4 is 11.3 Å². The summed E-state index contributed by atoms with van der Waals surface area (Å²) in [4.78, 5) is 19.1. The van der Waals surface area contributed by atoms with Crippen molar-refractivity contribution in [1.82, 2.24) is 14.3 Å². The van der Waals surface area contributed by atoms with Gasteiger partial charge in [0.05, 0.1) is 5.69 Å². The summed E-state index contributed by atoms with van der Waals surface area (Å²) in [5, 5.41) is 0. The highest BCUT2D eigenvalue weighted by Crippen LogP contribution is 2.22. The number of halogens is 2. The standard InChI is InChI=1S/C20H22F2N4O/c1-2-15-13-26-12-14(9-19(26)23-20(15)27)11-24-5-7-25(8-6-24)18-4-3-16(21)10-17(18)22/h3-4,9-10,12-13H,2,5-8,11H2,1H3,(H,23,27). The van der Waals surface area contributed by atoms with Crippen molar-refractivity contribution in [3.8, 4) is 0 Å². The van der Waals surface area contributed by atoms with Gasteiger partial charge in [-0.3, -0.25) is 9.69 Å². The number of rotatable bonds is 4. The number of piperazine rings is 1. The summed E-state index contributed by atoms with van der Waals surface area (Å²) in [5.41, 5.74) is 3.10. The number of anilines is 1. The summed E-state index contributed by atoms with van der Waals surface area (Å²) in [6, 6.07) is 5.72. The van der Waals surface area contributed by atoms with Crippen LogP contribution in [0.3, 0.4) is 0 Å². The molecule has 0 saturated carbocycles. The van der Waals surface area contributed by atoms with Crippen LogP contribution in [0.1, 0.15) is 18.1 Å². The van der Waals surface area contributed by atoms with Gasteiger partial charge in [-0.05, 0) is 30.2 Å².